The molecular weight excluding hydrogens is 482 g/mol. The van der Waals surface area contributed by atoms with Crippen LogP contribution in [0.15, 0.2) is 60.7 Å². The molecule has 0 spiro atoms. The van der Waals surface area contributed by atoms with Crippen LogP contribution in [0.3, 0.4) is 0 Å². The van der Waals surface area contributed by atoms with E-state index in [2.05, 4.69) is 26.7 Å². The van der Waals surface area contributed by atoms with Crippen molar-refractivity contribution >= 4 is 11.7 Å². The molecule has 38 heavy (non-hydrogen) atoms. The molecule has 1 N–H and O–H groups in total. The first-order valence-corrected chi connectivity index (χ1v) is 12.5. The summed E-state index contributed by atoms with van der Waals surface area (Å²) in [6.07, 6.45) is 2.46. The van der Waals surface area contributed by atoms with Gasteiger partial charge in [-0.1, -0.05) is 41.6 Å². The highest BCUT2D eigenvalue weighted by Gasteiger charge is 2.50. The molecule has 0 saturated heterocycles. The lowest BCUT2D eigenvalue weighted by molar-refractivity contribution is -0.120. The van der Waals surface area contributed by atoms with Crippen LogP contribution in [0.5, 0.6) is 11.5 Å². The summed E-state index contributed by atoms with van der Waals surface area (Å²) in [6.45, 7) is 0.211. The third-order valence-corrected chi connectivity index (χ3v) is 7.33. The van der Waals surface area contributed by atoms with E-state index in [1.54, 1.807) is 19.0 Å². The maximum Gasteiger partial charge on any atom is 0.253 e. The van der Waals surface area contributed by atoms with Crippen molar-refractivity contribution in [3.8, 4) is 22.6 Å². The third-order valence-electron chi connectivity index (χ3n) is 7.33. The van der Waals surface area contributed by atoms with E-state index in [4.69, 9.17) is 9.47 Å². The lowest BCUT2D eigenvalue weighted by Gasteiger charge is -2.17. The van der Waals surface area contributed by atoms with Crippen LogP contribution in [0.25, 0.3) is 11.1 Å². The summed E-state index contributed by atoms with van der Waals surface area (Å²) in [5.41, 5.74) is 4.99. The van der Waals surface area contributed by atoms with Crippen molar-refractivity contribution in [1.29, 1.82) is 0 Å². The number of H-pyrrole nitrogens is 1. The molecular formula is C29H27N5O4. The minimum Gasteiger partial charge on any atom is -0.454 e. The fourth-order valence-electron chi connectivity index (χ4n) is 5.04. The molecule has 1 aromatic heterocycles. The highest BCUT2D eigenvalue weighted by molar-refractivity contribution is 5.95. The molecule has 1 saturated carbocycles. The minimum atomic E-state index is -0.474. The maximum absolute atomic E-state index is 13.6. The number of aromatic nitrogens is 4. The number of nitrogens with zero attached hydrogens (tertiary/aromatic N) is 4. The van der Waals surface area contributed by atoms with Gasteiger partial charge in [-0.15, -0.1) is 10.2 Å². The first-order valence-electron chi connectivity index (χ1n) is 12.5. The molecule has 1 aliphatic heterocycles. The number of hydrogen-bond acceptors (Lipinski definition) is 7. The number of carbonyl (C=O) groups excluding carboxylic acids is 2. The van der Waals surface area contributed by atoms with Crippen LogP contribution in [0.4, 0.5) is 0 Å². The molecule has 1 fully saturated rings. The number of carbonyl (C=O) groups is 2. The van der Waals surface area contributed by atoms with Crippen molar-refractivity contribution in [3.05, 3.63) is 88.7 Å². The van der Waals surface area contributed by atoms with Gasteiger partial charge in [-0.25, -0.2) is 0 Å². The zero-order chi connectivity index (χ0) is 26.3. The van der Waals surface area contributed by atoms with Gasteiger partial charge in [-0.3, -0.25) is 9.59 Å². The molecule has 0 radical (unpaired) electrons. The Bertz CT molecular complexity index is 1510. The van der Waals surface area contributed by atoms with Crippen molar-refractivity contribution in [3.63, 3.8) is 0 Å². The molecule has 4 aromatic rings. The van der Waals surface area contributed by atoms with Crippen molar-refractivity contribution in [2.24, 2.45) is 0 Å². The molecule has 1 aliphatic carbocycles. The molecule has 6 rings (SSSR count). The summed E-state index contributed by atoms with van der Waals surface area (Å²) in [6, 6.07) is 19.4. The van der Waals surface area contributed by atoms with Crippen molar-refractivity contribution in [2.75, 3.05) is 20.9 Å². The second-order valence-corrected chi connectivity index (χ2v) is 10.0. The van der Waals surface area contributed by atoms with E-state index in [0.717, 1.165) is 46.4 Å². The largest absolute Gasteiger partial charge is 0.454 e. The number of tetrazole rings is 1. The molecule has 2 aliphatic rings. The normalized spacial score (nSPS) is 14.8. The summed E-state index contributed by atoms with van der Waals surface area (Å²) in [4.78, 5) is 27.5. The van der Waals surface area contributed by atoms with E-state index in [0.29, 0.717) is 30.0 Å². The summed E-state index contributed by atoms with van der Waals surface area (Å²) < 4.78 is 11.0. The molecule has 0 atom stereocenters. The zero-order valence-corrected chi connectivity index (χ0v) is 21.2. The topological polar surface area (TPSA) is 110 Å². The molecule has 192 valence electrons. The summed E-state index contributed by atoms with van der Waals surface area (Å²) in [5, 5.41) is 14.4. The molecule has 3 aromatic carbocycles. The van der Waals surface area contributed by atoms with E-state index >= 15 is 0 Å². The second kappa shape index (κ2) is 9.41. The van der Waals surface area contributed by atoms with Crippen LogP contribution in [0.1, 0.15) is 45.7 Å². The van der Waals surface area contributed by atoms with Crippen LogP contribution in [-0.2, 0) is 23.1 Å². The standard InChI is InChI=1S/C29H27N5O4/c1-34(2)28(36)20-7-5-19(6-8-20)23-13-18(3-4-21(23)15-27-30-32-33-31-27)14-26(35)29(11-12-29)22-9-10-24-25(16-22)38-17-37-24/h3-10,13,16H,11-12,14-15,17H2,1-2H3,(H,30,31,32,33). The van der Waals surface area contributed by atoms with Gasteiger partial charge in [-0.2, -0.15) is 5.21 Å². The van der Waals surface area contributed by atoms with Crippen LogP contribution in [0, 0.1) is 0 Å². The smallest absolute Gasteiger partial charge is 0.253 e. The Hall–Kier alpha value is -4.53. The summed E-state index contributed by atoms with van der Waals surface area (Å²) >= 11 is 0. The van der Waals surface area contributed by atoms with Gasteiger partial charge in [0.1, 0.15) is 5.78 Å². The lowest BCUT2D eigenvalue weighted by atomic mass is 9.86. The molecule has 9 heteroatoms. The fourth-order valence-corrected chi connectivity index (χ4v) is 5.04. The average molecular weight is 510 g/mol. The Balaban J connectivity index is 1.30. The van der Waals surface area contributed by atoms with E-state index in [-0.39, 0.29) is 18.5 Å². The number of ether oxygens (including phenoxy) is 2. The van der Waals surface area contributed by atoms with Gasteiger partial charge in [-0.05, 0) is 64.9 Å². The van der Waals surface area contributed by atoms with Crippen molar-refractivity contribution in [1.82, 2.24) is 25.5 Å². The van der Waals surface area contributed by atoms with Gasteiger partial charge in [0.2, 0.25) is 6.79 Å². The molecule has 1 amide bonds. The van der Waals surface area contributed by atoms with Crippen molar-refractivity contribution in [2.45, 2.75) is 31.1 Å². The van der Waals surface area contributed by atoms with E-state index < -0.39 is 5.41 Å². The monoisotopic (exact) mass is 509 g/mol. The van der Waals surface area contributed by atoms with Crippen LogP contribution in [-0.4, -0.2) is 58.1 Å². The second-order valence-electron chi connectivity index (χ2n) is 10.0. The van der Waals surface area contributed by atoms with Crippen LogP contribution < -0.4 is 9.47 Å². The highest BCUT2D eigenvalue weighted by atomic mass is 16.7. The van der Waals surface area contributed by atoms with Gasteiger partial charge in [0, 0.05) is 32.5 Å². The van der Waals surface area contributed by atoms with Gasteiger partial charge in [0.15, 0.2) is 17.3 Å². The number of benzene rings is 3. The van der Waals surface area contributed by atoms with Gasteiger partial charge in [0.05, 0.1) is 5.41 Å². The number of amides is 1. The molecule has 9 nitrogen and oxygen atoms in total. The zero-order valence-electron chi connectivity index (χ0n) is 21.2. The Kier molecular flexibility index (Phi) is 5.90. The predicted molar refractivity (Wildman–Crippen MR) is 139 cm³/mol. The molecule has 0 bridgehead atoms. The Morgan fingerprint density at radius 2 is 1.76 bits per heavy atom. The predicted octanol–water partition coefficient (Wildman–Crippen LogP) is 3.73. The molecule has 2 heterocycles. The first-order chi connectivity index (χ1) is 18.4. The quantitative estimate of drug-likeness (QED) is 0.385. The Labute approximate surface area is 219 Å². The van der Waals surface area contributed by atoms with Gasteiger partial charge >= 0.3 is 0 Å². The third kappa shape index (κ3) is 4.40. The van der Waals surface area contributed by atoms with Gasteiger partial charge < -0.3 is 14.4 Å². The van der Waals surface area contributed by atoms with Crippen LogP contribution in [0.2, 0.25) is 0 Å². The first kappa shape index (κ1) is 23.8. The average Bonchev–Trinajstić information content (AvgIpc) is 3.33. The van der Waals surface area contributed by atoms with E-state index in [1.807, 2.05) is 54.6 Å². The number of rotatable bonds is 8. The van der Waals surface area contributed by atoms with Crippen molar-refractivity contribution < 1.29 is 19.1 Å². The van der Waals surface area contributed by atoms with E-state index in [9.17, 15) is 9.59 Å². The summed E-state index contributed by atoms with van der Waals surface area (Å²) in [5.74, 6) is 2.14. The number of Topliss-reactive ketones (excluding diaryl/α,β-unsaturated/α-hetero) is 1. The number of aromatic amines is 1. The fraction of sp³-hybridized carbons (Fsp3) is 0.276. The number of nitrogens with one attached hydrogen (secondary N) is 1. The maximum atomic E-state index is 13.6. The number of hydrogen-bond donors (Lipinski definition) is 1. The SMILES string of the molecule is CN(C)C(=O)c1ccc(-c2cc(CC(=O)C3(c4ccc5c(c4)OCO5)CC3)ccc2Cc2nn[nH]n2)cc1. The highest BCUT2D eigenvalue weighted by Crippen LogP contribution is 2.51. The lowest BCUT2D eigenvalue weighted by Crippen LogP contribution is -2.22. The number of fused-ring (bicyclic) bond motifs is 1. The van der Waals surface area contributed by atoms with Gasteiger partial charge in [0.25, 0.3) is 5.91 Å². The minimum absolute atomic E-state index is 0.0545. The number of ketones is 1. The Morgan fingerprint density at radius 1 is 0.974 bits per heavy atom. The van der Waals surface area contributed by atoms with Crippen LogP contribution >= 0.6 is 0 Å². The summed E-state index contributed by atoms with van der Waals surface area (Å²) in [7, 11) is 3.46. The Morgan fingerprint density at radius 3 is 2.47 bits per heavy atom. The van der Waals surface area contributed by atoms with E-state index in [1.165, 1.54) is 0 Å². The molecule has 0 unspecified atom stereocenters.